The topological polar surface area (TPSA) is 58.2 Å². The van der Waals surface area contributed by atoms with Crippen LogP contribution < -0.4 is 10.6 Å². The van der Waals surface area contributed by atoms with Crippen LogP contribution >= 0.6 is 0 Å². The van der Waals surface area contributed by atoms with Gasteiger partial charge in [-0.15, -0.1) is 0 Å². The van der Waals surface area contributed by atoms with Gasteiger partial charge in [-0.1, -0.05) is 48.5 Å². The van der Waals surface area contributed by atoms with Gasteiger partial charge < -0.3 is 10.6 Å². The van der Waals surface area contributed by atoms with Crippen LogP contribution in [0.5, 0.6) is 0 Å². The smallest absolute Gasteiger partial charge is 0.256 e. The van der Waals surface area contributed by atoms with Crippen LogP contribution in [0.4, 0.5) is 11.4 Å². The van der Waals surface area contributed by atoms with E-state index >= 15 is 0 Å². The van der Waals surface area contributed by atoms with Crippen LogP contribution in [0.3, 0.4) is 0 Å². The van der Waals surface area contributed by atoms with Crippen LogP contribution in [-0.2, 0) is 0 Å². The number of nitrogens with one attached hydrogen (secondary N) is 2. The molecular formula is C20H16N2Na2O2. The van der Waals surface area contributed by atoms with E-state index < -0.39 is 0 Å². The Morgan fingerprint density at radius 3 is 1.15 bits per heavy atom. The molecule has 0 aromatic heterocycles. The van der Waals surface area contributed by atoms with Gasteiger partial charge in [-0.3, -0.25) is 9.59 Å². The first-order valence-corrected chi connectivity index (χ1v) is 7.56. The second-order valence-electron chi connectivity index (χ2n) is 5.19. The van der Waals surface area contributed by atoms with E-state index in [0.29, 0.717) is 22.5 Å². The molecule has 2 amide bonds. The molecule has 0 aliphatic rings. The third kappa shape index (κ3) is 6.09. The first kappa shape index (κ1) is 22.6. The van der Waals surface area contributed by atoms with Crippen molar-refractivity contribution in [3.8, 4) is 0 Å². The van der Waals surface area contributed by atoms with E-state index in [1.165, 1.54) is 0 Å². The van der Waals surface area contributed by atoms with Gasteiger partial charge in [0.2, 0.25) is 0 Å². The molecule has 6 heteroatoms. The predicted octanol–water partition coefficient (Wildman–Crippen LogP) is 3.43. The number of para-hydroxylation sites is 2. The van der Waals surface area contributed by atoms with Crippen LogP contribution in [0.15, 0.2) is 84.9 Å². The molecule has 4 nitrogen and oxygen atoms in total. The van der Waals surface area contributed by atoms with E-state index in [2.05, 4.69) is 10.6 Å². The fourth-order valence-corrected chi connectivity index (χ4v) is 2.32. The van der Waals surface area contributed by atoms with Gasteiger partial charge in [-0.25, -0.2) is 0 Å². The van der Waals surface area contributed by atoms with Crippen LogP contribution in [-0.4, -0.2) is 70.9 Å². The van der Waals surface area contributed by atoms with Gasteiger partial charge in [0, 0.05) is 70.5 Å². The Kier molecular flexibility index (Phi) is 9.88. The first-order chi connectivity index (χ1) is 11.7. The Labute approximate surface area is 197 Å². The van der Waals surface area contributed by atoms with E-state index in [0.717, 1.165) is 0 Å². The summed E-state index contributed by atoms with van der Waals surface area (Å²) >= 11 is 0. The molecule has 0 aliphatic heterocycles. The summed E-state index contributed by atoms with van der Waals surface area (Å²) in [7, 11) is 0. The van der Waals surface area contributed by atoms with Gasteiger partial charge in [0.05, 0.1) is 11.1 Å². The van der Waals surface area contributed by atoms with Gasteiger partial charge in [0.25, 0.3) is 11.8 Å². The first-order valence-electron chi connectivity index (χ1n) is 7.56. The second-order valence-corrected chi connectivity index (χ2v) is 5.19. The van der Waals surface area contributed by atoms with Crippen LogP contribution in [0.1, 0.15) is 20.7 Å². The zero-order valence-corrected chi connectivity index (χ0v) is 18.9. The van der Waals surface area contributed by atoms with Crippen molar-refractivity contribution >= 4 is 82.3 Å². The normalized spacial score (nSPS) is 9.23. The van der Waals surface area contributed by atoms with Crippen molar-refractivity contribution in [2.24, 2.45) is 0 Å². The summed E-state index contributed by atoms with van der Waals surface area (Å²) in [4.78, 5) is 25.0. The van der Waals surface area contributed by atoms with Crippen molar-refractivity contribution in [3.05, 3.63) is 96.1 Å². The number of anilines is 2. The minimum atomic E-state index is -0.319. The number of benzene rings is 3. The molecule has 26 heavy (non-hydrogen) atoms. The number of carbonyl (C=O) groups is 2. The average Bonchev–Trinajstić information content (AvgIpc) is 2.63. The summed E-state index contributed by atoms with van der Waals surface area (Å²) in [6, 6.07) is 25.0. The molecule has 3 aromatic rings. The van der Waals surface area contributed by atoms with Crippen LogP contribution in [0, 0.1) is 0 Å². The molecule has 0 aliphatic carbocycles. The molecule has 0 unspecified atom stereocenters. The predicted molar refractivity (Wildman–Crippen MR) is 107 cm³/mol. The van der Waals surface area contributed by atoms with Gasteiger partial charge in [0.1, 0.15) is 0 Å². The van der Waals surface area contributed by atoms with Crippen molar-refractivity contribution in [2.45, 2.75) is 0 Å². The Morgan fingerprint density at radius 2 is 0.808 bits per heavy atom. The number of carbonyl (C=O) groups excluding carboxylic acids is 2. The molecule has 0 spiro atoms. The van der Waals surface area contributed by atoms with E-state index in [9.17, 15) is 9.59 Å². The maximum atomic E-state index is 12.5. The molecule has 0 fully saturated rings. The standard InChI is InChI=1S/C20H16N2O2.2Na/c23-19(21-15-9-3-1-4-10-15)17-13-7-8-14-18(17)20(24)22-16-11-5-2-6-12-16;;/h1-14H,(H,21,23)(H,22,24);;. The third-order valence-electron chi connectivity index (χ3n) is 3.48. The maximum absolute atomic E-state index is 12.5. The molecule has 3 rings (SSSR count). The molecular weight excluding hydrogens is 346 g/mol. The molecule has 2 N–H and O–H groups in total. The Balaban J connectivity index is 0.00000169. The average molecular weight is 362 g/mol. The summed E-state index contributed by atoms with van der Waals surface area (Å²) in [5.74, 6) is -0.639. The molecule has 3 aromatic carbocycles. The summed E-state index contributed by atoms with van der Waals surface area (Å²) in [5.41, 5.74) is 2.02. The maximum Gasteiger partial charge on any atom is 0.256 e. The molecule has 2 radical (unpaired) electrons. The molecule has 0 heterocycles. The number of hydrogen-bond acceptors (Lipinski definition) is 2. The largest absolute Gasteiger partial charge is 0.322 e. The fourth-order valence-electron chi connectivity index (χ4n) is 2.32. The Hall–Kier alpha value is -1.40. The van der Waals surface area contributed by atoms with Gasteiger partial charge in [-0.05, 0) is 36.4 Å². The summed E-state index contributed by atoms with van der Waals surface area (Å²) in [5, 5.41) is 5.60. The van der Waals surface area contributed by atoms with Crippen molar-refractivity contribution in [1.29, 1.82) is 0 Å². The molecule has 0 saturated carbocycles. The molecule has 120 valence electrons. The minimum absolute atomic E-state index is 0. The zero-order valence-electron chi connectivity index (χ0n) is 14.9. The molecule has 0 saturated heterocycles. The summed E-state index contributed by atoms with van der Waals surface area (Å²) in [6.45, 7) is 0. The van der Waals surface area contributed by atoms with Crippen molar-refractivity contribution in [2.75, 3.05) is 10.6 Å². The molecule has 0 bridgehead atoms. The van der Waals surface area contributed by atoms with Crippen LogP contribution in [0.2, 0.25) is 0 Å². The van der Waals surface area contributed by atoms with E-state index in [1.807, 2.05) is 36.4 Å². The van der Waals surface area contributed by atoms with E-state index in [1.54, 1.807) is 48.5 Å². The second kappa shape index (κ2) is 11.3. The van der Waals surface area contributed by atoms with E-state index in [-0.39, 0.29) is 70.9 Å². The monoisotopic (exact) mass is 362 g/mol. The van der Waals surface area contributed by atoms with E-state index in [4.69, 9.17) is 0 Å². The number of hydrogen-bond donors (Lipinski definition) is 2. The minimum Gasteiger partial charge on any atom is -0.322 e. The van der Waals surface area contributed by atoms with Crippen LogP contribution in [0.25, 0.3) is 0 Å². The van der Waals surface area contributed by atoms with Crippen molar-refractivity contribution in [3.63, 3.8) is 0 Å². The van der Waals surface area contributed by atoms with Gasteiger partial charge in [-0.2, -0.15) is 0 Å². The Morgan fingerprint density at radius 1 is 0.500 bits per heavy atom. The number of rotatable bonds is 4. The van der Waals surface area contributed by atoms with Crippen molar-refractivity contribution < 1.29 is 9.59 Å². The quantitative estimate of drug-likeness (QED) is 0.699. The molecule has 0 atom stereocenters. The van der Waals surface area contributed by atoms with Gasteiger partial charge >= 0.3 is 0 Å². The third-order valence-corrected chi connectivity index (χ3v) is 3.48. The SMILES string of the molecule is O=C(Nc1ccccc1)c1ccccc1C(=O)Nc1ccccc1.[Na].[Na]. The van der Waals surface area contributed by atoms with Crippen molar-refractivity contribution in [1.82, 2.24) is 0 Å². The zero-order chi connectivity index (χ0) is 16.8. The van der Waals surface area contributed by atoms with Gasteiger partial charge in [0.15, 0.2) is 0 Å². The Bertz CT molecular complexity index is 783. The summed E-state index contributed by atoms with van der Waals surface area (Å²) in [6.07, 6.45) is 0. The number of amides is 2. The summed E-state index contributed by atoms with van der Waals surface area (Å²) < 4.78 is 0. The fraction of sp³-hybridized carbons (Fsp3) is 0.